The summed E-state index contributed by atoms with van der Waals surface area (Å²) < 4.78 is 1.97. The fourth-order valence-electron chi connectivity index (χ4n) is 2.11. The highest BCUT2D eigenvalue weighted by Gasteiger charge is 2.14. The number of aryl methyl sites for hydroxylation is 1. The smallest absolute Gasteiger partial charge is 0.150 e. The molecule has 1 saturated heterocycles. The Hall–Kier alpha value is -1.03. The molecule has 0 unspecified atom stereocenters. The molecule has 1 aliphatic rings. The summed E-state index contributed by atoms with van der Waals surface area (Å²) in [5, 5.41) is 7.72. The van der Waals surface area contributed by atoms with Gasteiger partial charge in [-0.25, -0.2) is 0 Å². The van der Waals surface area contributed by atoms with Crippen LogP contribution in [0.25, 0.3) is 0 Å². The molecule has 0 bridgehead atoms. The summed E-state index contributed by atoms with van der Waals surface area (Å²) >= 11 is 0. The number of rotatable bonds is 3. The van der Waals surface area contributed by atoms with Crippen molar-refractivity contribution in [3.05, 3.63) is 11.8 Å². The minimum absolute atomic E-state index is 0.886. The zero-order valence-electron chi connectivity index (χ0n) is 9.66. The SMILES string of the molecule is CNCc1cc(N2CCCCC2)nn1C. The van der Waals surface area contributed by atoms with Gasteiger partial charge in [0.05, 0.1) is 5.69 Å². The molecular formula is C11H20N4. The van der Waals surface area contributed by atoms with Crippen LogP contribution in [0.4, 0.5) is 5.82 Å². The van der Waals surface area contributed by atoms with Crippen molar-refractivity contribution in [1.29, 1.82) is 0 Å². The second-order valence-corrected chi connectivity index (χ2v) is 4.20. The van der Waals surface area contributed by atoms with Gasteiger partial charge in [0.1, 0.15) is 0 Å². The van der Waals surface area contributed by atoms with Gasteiger partial charge in [-0.05, 0) is 26.3 Å². The lowest BCUT2D eigenvalue weighted by Gasteiger charge is -2.26. The van der Waals surface area contributed by atoms with Crippen molar-refractivity contribution in [3.8, 4) is 0 Å². The van der Waals surface area contributed by atoms with Crippen molar-refractivity contribution in [3.63, 3.8) is 0 Å². The molecule has 1 aliphatic heterocycles. The number of piperidine rings is 1. The molecule has 0 aromatic carbocycles. The summed E-state index contributed by atoms with van der Waals surface area (Å²) in [4.78, 5) is 2.39. The van der Waals surface area contributed by atoms with E-state index in [9.17, 15) is 0 Å². The molecule has 4 heteroatoms. The standard InChI is InChI=1S/C11H20N4/c1-12-9-10-8-11(13-14(10)2)15-6-4-3-5-7-15/h8,12H,3-7,9H2,1-2H3. The van der Waals surface area contributed by atoms with Crippen molar-refractivity contribution in [2.45, 2.75) is 25.8 Å². The van der Waals surface area contributed by atoms with Crippen LogP contribution < -0.4 is 10.2 Å². The summed E-state index contributed by atoms with van der Waals surface area (Å²) in [6, 6.07) is 2.20. The molecule has 0 atom stereocenters. The minimum Gasteiger partial charge on any atom is -0.355 e. The minimum atomic E-state index is 0.886. The lowest BCUT2D eigenvalue weighted by atomic mass is 10.1. The van der Waals surface area contributed by atoms with E-state index < -0.39 is 0 Å². The maximum atomic E-state index is 4.56. The fourth-order valence-corrected chi connectivity index (χ4v) is 2.11. The Kier molecular flexibility index (Phi) is 3.26. The topological polar surface area (TPSA) is 33.1 Å². The zero-order valence-corrected chi connectivity index (χ0v) is 9.66. The van der Waals surface area contributed by atoms with E-state index >= 15 is 0 Å². The van der Waals surface area contributed by atoms with E-state index in [0.29, 0.717) is 0 Å². The number of nitrogens with zero attached hydrogens (tertiary/aromatic N) is 3. The average Bonchev–Trinajstić information content (AvgIpc) is 2.63. The molecule has 1 aromatic heterocycles. The lowest BCUT2D eigenvalue weighted by molar-refractivity contribution is 0.569. The Bertz CT molecular complexity index is 312. The van der Waals surface area contributed by atoms with Crippen LogP contribution >= 0.6 is 0 Å². The Morgan fingerprint density at radius 2 is 2.07 bits per heavy atom. The van der Waals surface area contributed by atoms with Crippen molar-refractivity contribution >= 4 is 5.82 Å². The van der Waals surface area contributed by atoms with Gasteiger partial charge in [0.2, 0.25) is 0 Å². The van der Waals surface area contributed by atoms with Gasteiger partial charge in [0.15, 0.2) is 5.82 Å². The van der Waals surface area contributed by atoms with Crippen LogP contribution in [0, 0.1) is 0 Å². The molecule has 2 rings (SSSR count). The Labute approximate surface area is 91.3 Å². The van der Waals surface area contributed by atoms with Gasteiger partial charge in [-0.1, -0.05) is 0 Å². The Morgan fingerprint density at radius 1 is 1.33 bits per heavy atom. The van der Waals surface area contributed by atoms with Gasteiger partial charge >= 0.3 is 0 Å². The number of aromatic nitrogens is 2. The van der Waals surface area contributed by atoms with Crippen molar-refractivity contribution in [2.75, 3.05) is 25.0 Å². The van der Waals surface area contributed by atoms with Gasteiger partial charge in [-0.2, -0.15) is 5.10 Å². The van der Waals surface area contributed by atoms with Crippen LogP contribution in [-0.2, 0) is 13.6 Å². The predicted octanol–water partition coefficient (Wildman–Crippen LogP) is 1.13. The number of nitrogens with one attached hydrogen (secondary N) is 1. The van der Waals surface area contributed by atoms with E-state index in [1.165, 1.54) is 25.0 Å². The summed E-state index contributed by atoms with van der Waals surface area (Å²) in [5.74, 6) is 1.14. The molecule has 1 fully saturated rings. The molecule has 1 aromatic rings. The molecule has 0 radical (unpaired) electrons. The lowest BCUT2D eigenvalue weighted by Crippen LogP contribution is -2.29. The molecule has 2 heterocycles. The second kappa shape index (κ2) is 4.66. The second-order valence-electron chi connectivity index (χ2n) is 4.20. The third-order valence-electron chi connectivity index (χ3n) is 3.00. The Morgan fingerprint density at radius 3 is 2.73 bits per heavy atom. The molecule has 0 spiro atoms. The van der Waals surface area contributed by atoms with E-state index in [0.717, 1.165) is 25.5 Å². The van der Waals surface area contributed by atoms with E-state index in [2.05, 4.69) is 21.4 Å². The van der Waals surface area contributed by atoms with Crippen LogP contribution in [-0.4, -0.2) is 29.9 Å². The van der Waals surface area contributed by atoms with E-state index in [-0.39, 0.29) is 0 Å². The summed E-state index contributed by atoms with van der Waals surface area (Å²) in [6.45, 7) is 3.21. The van der Waals surface area contributed by atoms with Gasteiger partial charge in [-0.15, -0.1) is 0 Å². The summed E-state index contributed by atoms with van der Waals surface area (Å²) in [6.07, 6.45) is 3.97. The van der Waals surface area contributed by atoms with Crippen LogP contribution in [0.3, 0.4) is 0 Å². The van der Waals surface area contributed by atoms with Crippen LogP contribution in [0.5, 0.6) is 0 Å². The first-order chi connectivity index (χ1) is 7.31. The van der Waals surface area contributed by atoms with Crippen LogP contribution in [0.1, 0.15) is 25.0 Å². The van der Waals surface area contributed by atoms with E-state index in [4.69, 9.17) is 0 Å². The predicted molar refractivity (Wildman–Crippen MR) is 62.0 cm³/mol. The third kappa shape index (κ3) is 2.31. The first-order valence-electron chi connectivity index (χ1n) is 5.73. The van der Waals surface area contributed by atoms with Crippen molar-refractivity contribution in [2.24, 2.45) is 7.05 Å². The van der Waals surface area contributed by atoms with Crippen molar-refractivity contribution in [1.82, 2.24) is 15.1 Å². The number of anilines is 1. The monoisotopic (exact) mass is 208 g/mol. The molecule has 4 nitrogen and oxygen atoms in total. The largest absolute Gasteiger partial charge is 0.355 e. The highest BCUT2D eigenvalue weighted by molar-refractivity contribution is 5.40. The highest BCUT2D eigenvalue weighted by atomic mass is 15.3. The molecule has 1 N–H and O–H groups in total. The van der Waals surface area contributed by atoms with E-state index in [1.54, 1.807) is 0 Å². The Balaban J connectivity index is 2.10. The first kappa shape index (κ1) is 10.5. The third-order valence-corrected chi connectivity index (χ3v) is 3.00. The zero-order chi connectivity index (χ0) is 10.7. The summed E-state index contributed by atoms with van der Waals surface area (Å²) in [5.41, 5.74) is 1.25. The maximum Gasteiger partial charge on any atom is 0.150 e. The van der Waals surface area contributed by atoms with Gasteiger partial charge < -0.3 is 10.2 Å². The average molecular weight is 208 g/mol. The quantitative estimate of drug-likeness (QED) is 0.808. The molecule has 0 saturated carbocycles. The van der Waals surface area contributed by atoms with E-state index in [1.807, 2.05) is 18.8 Å². The molecule has 15 heavy (non-hydrogen) atoms. The maximum absolute atomic E-state index is 4.56. The van der Waals surface area contributed by atoms with Crippen LogP contribution in [0.15, 0.2) is 6.07 Å². The summed E-state index contributed by atoms with van der Waals surface area (Å²) in [7, 11) is 3.98. The fraction of sp³-hybridized carbons (Fsp3) is 0.727. The highest BCUT2D eigenvalue weighted by Crippen LogP contribution is 2.18. The van der Waals surface area contributed by atoms with Gasteiger partial charge in [-0.3, -0.25) is 4.68 Å². The molecule has 0 aliphatic carbocycles. The molecular weight excluding hydrogens is 188 g/mol. The van der Waals surface area contributed by atoms with Crippen molar-refractivity contribution < 1.29 is 0 Å². The molecule has 0 amide bonds. The number of hydrogen-bond donors (Lipinski definition) is 1. The van der Waals surface area contributed by atoms with Crippen LogP contribution in [0.2, 0.25) is 0 Å². The van der Waals surface area contributed by atoms with Gasteiger partial charge in [0, 0.05) is 32.7 Å². The first-order valence-corrected chi connectivity index (χ1v) is 5.73. The number of hydrogen-bond acceptors (Lipinski definition) is 3. The molecule has 84 valence electrons. The normalized spacial score (nSPS) is 17.1. The van der Waals surface area contributed by atoms with Gasteiger partial charge in [0.25, 0.3) is 0 Å².